The Bertz CT molecular complexity index is 350. The molecular formula is C18H38N4O2. The Hall–Kier alpha value is -1.30. The maximum Gasteiger partial charge on any atom is 0.323 e. The van der Waals surface area contributed by atoms with Crippen molar-refractivity contribution in [3.8, 4) is 0 Å². The summed E-state index contributed by atoms with van der Waals surface area (Å²) in [5, 5.41) is 19.1. The fourth-order valence-electron chi connectivity index (χ4n) is 2.89. The number of rotatable bonds is 16. The summed E-state index contributed by atoms with van der Waals surface area (Å²) in [6, 6.07) is 0. The number of carboxylic acids is 1. The molecule has 0 heterocycles. The minimum Gasteiger partial charge on any atom is -0.480 e. The monoisotopic (exact) mass is 342 g/mol. The van der Waals surface area contributed by atoms with E-state index in [1.54, 1.807) is 0 Å². The Morgan fingerprint density at radius 1 is 0.958 bits per heavy atom. The third-order valence-electron chi connectivity index (χ3n) is 4.52. The SMILES string of the molecule is CCCCCCCCCCCC[C@](N)(CCCNC(=N)N)C(=O)O. The largest absolute Gasteiger partial charge is 0.480 e. The Balaban J connectivity index is 3.73. The fourth-order valence-corrected chi connectivity index (χ4v) is 2.89. The van der Waals surface area contributed by atoms with Crippen LogP contribution in [-0.4, -0.2) is 29.1 Å². The van der Waals surface area contributed by atoms with E-state index in [4.69, 9.17) is 16.9 Å². The molecule has 24 heavy (non-hydrogen) atoms. The van der Waals surface area contributed by atoms with Crippen LogP contribution >= 0.6 is 0 Å². The Morgan fingerprint density at radius 2 is 1.42 bits per heavy atom. The third kappa shape index (κ3) is 12.2. The first-order valence-electron chi connectivity index (χ1n) is 9.52. The Labute approximate surface area is 147 Å². The molecule has 0 aliphatic rings. The van der Waals surface area contributed by atoms with Crippen molar-refractivity contribution in [3.05, 3.63) is 0 Å². The highest BCUT2D eigenvalue weighted by atomic mass is 16.4. The molecule has 0 unspecified atom stereocenters. The molecule has 6 nitrogen and oxygen atoms in total. The van der Waals surface area contributed by atoms with Crippen molar-refractivity contribution < 1.29 is 9.90 Å². The Kier molecular flexibility index (Phi) is 13.3. The first-order chi connectivity index (χ1) is 11.4. The summed E-state index contributed by atoms with van der Waals surface area (Å²) < 4.78 is 0. The van der Waals surface area contributed by atoms with Gasteiger partial charge in [0.05, 0.1) is 0 Å². The third-order valence-corrected chi connectivity index (χ3v) is 4.52. The normalized spacial score (nSPS) is 13.4. The molecule has 1 atom stereocenters. The van der Waals surface area contributed by atoms with Crippen molar-refractivity contribution in [3.63, 3.8) is 0 Å². The van der Waals surface area contributed by atoms with E-state index in [0.29, 0.717) is 25.8 Å². The van der Waals surface area contributed by atoms with Crippen molar-refractivity contribution in [2.75, 3.05) is 6.54 Å². The predicted molar refractivity (Wildman–Crippen MR) is 100 cm³/mol. The van der Waals surface area contributed by atoms with Gasteiger partial charge in [-0.1, -0.05) is 71.1 Å². The molecule has 7 N–H and O–H groups in total. The number of carboxylic acid groups (broad SMARTS) is 1. The second kappa shape index (κ2) is 14.1. The van der Waals surface area contributed by atoms with Gasteiger partial charge in [-0.05, 0) is 19.3 Å². The number of aliphatic carboxylic acids is 1. The van der Waals surface area contributed by atoms with Crippen LogP contribution in [0, 0.1) is 5.41 Å². The number of nitrogens with one attached hydrogen (secondary N) is 2. The van der Waals surface area contributed by atoms with Crippen LogP contribution in [0.4, 0.5) is 0 Å². The quantitative estimate of drug-likeness (QED) is 0.167. The number of unbranched alkanes of at least 4 members (excludes halogenated alkanes) is 9. The zero-order chi connectivity index (χ0) is 18.3. The van der Waals surface area contributed by atoms with Crippen molar-refractivity contribution in [1.82, 2.24) is 5.32 Å². The maximum absolute atomic E-state index is 11.4. The second-order valence-corrected chi connectivity index (χ2v) is 6.84. The van der Waals surface area contributed by atoms with Crippen LogP contribution in [0.2, 0.25) is 0 Å². The minimum absolute atomic E-state index is 0.0948. The first kappa shape index (κ1) is 22.7. The standard InChI is InChI=1S/C18H38N4O2/c1-2-3-4-5-6-7-8-9-10-11-13-18(21,16(23)24)14-12-15-22-17(19)20/h2-15,21H2,1H3,(H,23,24)(H4,19,20,22)/t18-/m0/s1. The van der Waals surface area contributed by atoms with Crippen LogP contribution in [0.25, 0.3) is 0 Å². The summed E-state index contributed by atoms with van der Waals surface area (Å²) in [5.41, 5.74) is 10.1. The van der Waals surface area contributed by atoms with Gasteiger partial charge in [0, 0.05) is 6.54 Å². The summed E-state index contributed by atoms with van der Waals surface area (Å²) in [6.07, 6.45) is 13.7. The summed E-state index contributed by atoms with van der Waals surface area (Å²) >= 11 is 0. The van der Waals surface area contributed by atoms with Crippen LogP contribution in [-0.2, 0) is 4.79 Å². The average Bonchev–Trinajstić information content (AvgIpc) is 2.53. The molecule has 6 heteroatoms. The van der Waals surface area contributed by atoms with E-state index in [9.17, 15) is 9.90 Å². The number of carbonyl (C=O) groups is 1. The van der Waals surface area contributed by atoms with Crippen LogP contribution in [0.3, 0.4) is 0 Å². The van der Waals surface area contributed by atoms with Crippen molar-refractivity contribution >= 4 is 11.9 Å². The molecule has 0 aromatic rings. The number of hydrogen-bond donors (Lipinski definition) is 5. The van der Waals surface area contributed by atoms with E-state index in [2.05, 4.69) is 12.2 Å². The zero-order valence-corrected chi connectivity index (χ0v) is 15.4. The van der Waals surface area contributed by atoms with Crippen molar-refractivity contribution in [2.45, 2.75) is 95.9 Å². The van der Waals surface area contributed by atoms with Gasteiger partial charge < -0.3 is 21.9 Å². The summed E-state index contributed by atoms with van der Waals surface area (Å²) in [4.78, 5) is 11.4. The molecule has 0 aliphatic carbocycles. The molecule has 0 rings (SSSR count). The molecular weight excluding hydrogens is 304 g/mol. The fraction of sp³-hybridized carbons (Fsp3) is 0.889. The zero-order valence-electron chi connectivity index (χ0n) is 15.4. The number of guanidine groups is 1. The highest BCUT2D eigenvalue weighted by Gasteiger charge is 2.32. The smallest absolute Gasteiger partial charge is 0.323 e. The summed E-state index contributed by atoms with van der Waals surface area (Å²) in [7, 11) is 0. The number of nitrogens with two attached hydrogens (primary N) is 2. The molecule has 0 aliphatic heterocycles. The molecule has 0 radical (unpaired) electrons. The van der Waals surface area contributed by atoms with Gasteiger partial charge in [0.1, 0.15) is 5.54 Å². The van der Waals surface area contributed by atoms with Gasteiger partial charge in [-0.2, -0.15) is 0 Å². The lowest BCUT2D eigenvalue weighted by Gasteiger charge is -2.24. The van der Waals surface area contributed by atoms with E-state index < -0.39 is 11.5 Å². The lowest BCUT2D eigenvalue weighted by molar-refractivity contribution is -0.144. The van der Waals surface area contributed by atoms with E-state index in [1.807, 2.05) is 0 Å². The molecule has 0 aromatic carbocycles. The molecule has 0 amide bonds. The summed E-state index contributed by atoms with van der Waals surface area (Å²) in [6.45, 7) is 2.72. The average molecular weight is 343 g/mol. The highest BCUT2D eigenvalue weighted by molar-refractivity contribution is 5.78. The molecule has 0 aromatic heterocycles. The minimum atomic E-state index is -1.15. The van der Waals surface area contributed by atoms with Gasteiger partial charge in [-0.25, -0.2) is 0 Å². The van der Waals surface area contributed by atoms with Gasteiger partial charge in [0.15, 0.2) is 5.96 Å². The van der Waals surface area contributed by atoms with Gasteiger partial charge in [0.2, 0.25) is 0 Å². The van der Waals surface area contributed by atoms with E-state index in [0.717, 1.165) is 19.3 Å². The predicted octanol–water partition coefficient (Wildman–Crippen LogP) is 3.34. The maximum atomic E-state index is 11.4. The van der Waals surface area contributed by atoms with Gasteiger partial charge in [0.25, 0.3) is 0 Å². The van der Waals surface area contributed by atoms with Crippen LogP contribution < -0.4 is 16.8 Å². The first-order valence-corrected chi connectivity index (χ1v) is 9.52. The van der Waals surface area contributed by atoms with E-state index in [1.165, 1.54) is 44.9 Å². The molecule has 0 spiro atoms. The van der Waals surface area contributed by atoms with Gasteiger partial charge in [-0.15, -0.1) is 0 Å². The van der Waals surface area contributed by atoms with Crippen molar-refractivity contribution in [1.29, 1.82) is 5.41 Å². The molecule has 142 valence electrons. The van der Waals surface area contributed by atoms with E-state index in [-0.39, 0.29) is 5.96 Å². The van der Waals surface area contributed by atoms with Crippen LogP contribution in [0.5, 0.6) is 0 Å². The second-order valence-electron chi connectivity index (χ2n) is 6.84. The van der Waals surface area contributed by atoms with Gasteiger partial charge in [-0.3, -0.25) is 10.2 Å². The molecule has 0 saturated heterocycles. The number of hydrogen-bond acceptors (Lipinski definition) is 3. The van der Waals surface area contributed by atoms with Gasteiger partial charge >= 0.3 is 5.97 Å². The highest BCUT2D eigenvalue weighted by Crippen LogP contribution is 2.20. The van der Waals surface area contributed by atoms with E-state index >= 15 is 0 Å². The molecule has 0 bridgehead atoms. The molecule has 0 fully saturated rings. The summed E-state index contributed by atoms with van der Waals surface area (Å²) in [5.74, 6) is -1.02. The lowest BCUT2D eigenvalue weighted by Crippen LogP contribution is -2.48. The lowest BCUT2D eigenvalue weighted by atomic mass is 9.88. The topological polar surface area (TPSA) is 125 Å². The van der Waals surface area contributed by atoms with Crippen LogP contribution in [0.15, 0.2) is 0 Å². The van der Waals surface area contributed by atoms with Crippen molar-refractivity contribution in [2.24, 2.45) is 11.5 Å². The van der Waals surface area contributed by atoms with Crippen LogP contribution in [0.1, 0.15) is 90.4 Å². The molecule has 0 saturated carbocycles. The Morgan fingerprint density at radius 3 is 1.88 bits per heavy atom.